The lowest BCUT2D eigenvalue weighted by atomic mass is 9.99. The Bertz CT molecular complexity index is 1070. The van der Waals surface area contributed by atoms with Crippen LogP contribution >= 0.6 is 11.6 Å². The lowest BCUT2D eigenvalue weighted by molar-refractivity contribution is 0.0950. The summed E-state index contributed by atoms with van der Waals surface area (Å²) in [5, 5.41) is 3.23. The number of hydrogen-bond acceptors (Lipinski definition) is 4. The van der Waals surface area contributed by atoms with Crippen molar-refractivity contribution in [2.24, 2.45) is 5.92 Å². The van der Waals surface area contributed by atoms with Crippen LogP contribution in [0.3, 0.4) is 0 Å². The normalized spacial score (nSPS) is 15.2. The Kier molecular flexibility index (Phi) is 8.95. The van der Waals surface area contributed by atoms with Crippen LogP contribution in [0.4, 0.5) is 5.69 Å². The van der Waals surface area contributed by atoms with Gasteiger partial charge in [0.15, 0.2) is 0 Å². The van der Waals surface area contributed by atoms with Gasteiger partial charge in [0.25, 0.3) is 15.9 Å². The van der Waals surface area contributed by atoms with Crippen molar-refractivity contribution in [2.75, 3.05) is 37.0 Å². The van der Waals surface area contributed by atoms with Gasteiger partial charge in [-0.1, -0.05) is 42.8 Å². The smallest absolute Gasteiger partial charge is 0.264 e. The first-order valence-electron chi connectivity index (χ1n) is 11.3. The summed E-state index contributed by atoms with van der Waals surface area (Å²) in [4.78, 5) is 15.1. The molecule has 1 saturated heterocycles. The van der Waals surface area contributed by atoms with E-state index in [1.165, 1.54) is 35.4 Å². The van der Waals surface area contributed by atoms with Gasteiger partial charge in [0.2, 0.25) is 0 Å². The van der Waals surface area contributed by atoms with Crippen LogP contribution in [0.25, 0.3) is 0 Å². The highest BCUT2D eigenvalue weighted by molar-refractivity contribution is 7.92. The molecule has 0 spiro atoms. The molecule has 1 amide bonds. The number of amides is 1. The predicted octanol–water partition coefficient (Wildman–Crippen LogP) is 4.57. The van der Waals surface area contributed by atoms with E-state index in [-0.39, 0.29) is 17.3 Å². The molecule has 0 aliphatic carbocycles. The van der Waals surface area contributed by atoms with Gasteiger partial charge in [-0.15, -0.1) is 6.58 Å². The van der Waals surface area contributed by atoms with E-state index in [0.29, 0.717) is 22.8 Å². The molecule has 1 aliphatic rings. The number of piperidine rings is 1. The number of nitrogens with one attached hydrogen (secondary N) is 1. The number of halogens is 1. The molecule has 0 aromatic heterocycles. The number of anilines is 1. The minimum absolute atomic E-state index is 0.0272. The molecule has 2 aromatic carbocycles. The molecule has 1 heterocycles. The summed E-state index contributed by atoms with van der Waals surface area (Å²) >= 11 is 6.26. The first-order valence-corrected chi connectivity index (χ1v) is 13.1. The maximum Gasteiger partial charge on any atom is 0.264 e. The van der Waals surface area contributed by atoms with E-state index in [2.05, 4.69) is 23.7 Å². The molecule has 33 heavy (non-hydrogen) atoms. The number of hydrogen-bond donors (Lipinski definition) is 1. The lowest BCUT2D eigenvalue weighted by Gasteiger charge is -2.30. The molecule has 2 aromatic rings. The molecule has 0 unspecified atom stereocenters. The van der Waals surface area contributed by atoms with Crippen molar-refractivity contribution in [1.29, 1.82) is 0 Å². The molecule has 6 nitrogen and oxygen atoms in total. The van der Waals surface area contributed by atoms with Crippen molar-refractivity contribution >= 4 is 33.2 Å². The quantitative estimate of drug-likeness (QED) is 0.392. The van der Waals surface area contributed by atoms with Crippen LogP contribution in [-0.2, 0) is 10.0 Å². The second kappa shape index (κ2) is 11.7. The predicted molar refractivity (Wildman–Crippen MR) is 134 cm³/mol. The minimum Gasteiger partial charge on any atom is -0.352 e. The number of para-hydroxylation sites is 1. The number of likely N-dealkylation sites (tertiary alicyclic amines) is 1. The Morgan fingerprint density at radius 3 is 2.64 bits per heavy atom. The molecule has 8 heteroatoms. The van der Waals surface area contributed by atoms with E-state index < -0.39 is 10.0 Å². The van der Waals surface area contributed by atoms with Gasteiger partial charge in [-0.3, -0.25) is 9.10 Å². The largest absolute Gasteiger partial charge is 0.352 e. The summed E-state index contributed by atoms with van der Waals surface area (Å²) in [7, 11) is -3.95. The third kappa shape index (κ3) is 6.59. The van der Waals surface area contributed by atoms with Gasteiger partial charge >= 0.3 is 0 Å². The fourth-order valence-electron chi connectivity index (χ4n) is 3.91. The second-order valence-electron chi connectivity index (χ2n) is 8.44. The van der Waals surface area contributed by atoms with Crippen LogP contribution in [0, 0.1) is 5.92 Å². The van der Waals surface area contributed by atoms with Crippen molar-refractivity contribution in [3.8, 4) is 0 Å². The Morgan fingerprint density at radius 2 is 1.94 bits per heavy atom. The number of carbonyl (C=O) groups is 1. The maximum atomic E-state index is 13.4. The van der Waals surface area contributed by atoms with E-state index in [1.54, 1.807) is 36.4 Å². The lowest BCUT2D eigenvalue weighted by Crippen LogP contribution is -2.35. The van der Waals surface area contributed by atoms with Crippen molar-refractivity contribution in [3.05, 3.63) is 71.8 Å². The fraction of sp³-hybridized carbons (Fsp3) is 0.400. The van der Waals surface area contributed by atoms with Crippen molar-refractivity contribution in [1.82, 2.24) is 10.2 Å². The van der Waals surface area contributed by atoms with E-state index in [9.17, 15) is 13.2 Å². The maximum absolute atomic E-state index is 13.4. The molecule has 3 rings (SSSR count). The zero-order valence-corrected chi connectivity index (χ0v) is 20.6. The van der Waals surface area contributed by atoms with Gasteiger partial charge in [-0.05, 0) is 75.1 Å². The number of rotatable bonds is 10. The standard InChI is InChI=1S/C25H32ClN3O3S/c1-3-15-29(24-11-5-4-10-23(24)26)33(31,32)22-9-6-8-21(19-22)25(30)27-14-7-16-28-17-12-20(2)13-18-28/h3-6,8-11,19-20H,1,7,12-18H2,2H3,(H,27,30). The second-order valence-corrected chi connectivity index (χ2v) is 10.7. The van der Waals surface area contributed by atoms with E-state index in [0.717, 1.165) is 32.0 Å². The Labute approximate surface area is 202 Å². The summed E-state index contributed by atoms with van der Waals surface area (Å²) < 4.78 is 28.0. The average molecular weight is 490 g/mol. The Hall–Kier alpha value is -2.35. The first kappa shape index (κ1) is 25.3. The highest BCUT2D eigenvalue weighted by Crippen LogP contribution is 2.30. The molecule has 0 bridgehead atoms. The molecule has 0 saturated carbocycles. The molecular weight excluding hydrogens is 458 g/mol. The van der Waals surface area contributed by atoms with Crippen LogP contribution in [0.5, 0.6) is 0 Å². The summed E-state index contributed by atoms with van der Waals surface area (Å²) in [5.41, 5.74) is 0.668. The van der Waals surface area contributed by atoms with Gasteiger partial charge in [-0.25, -0.2) is 8.42 Å². The highest BCUT2D eigenvalue weighted by atomic mass is 35.5. The first-order chi connectivity index (χ1) is 15.8. The van der Waals surface area contributed by atoms with Crippen molar-refractivity contribution < 1.29 is 13.2 Å². The molecule has 0 radical (unpaired) electrons. The number of benzene rings is 2. The zero-order chi connectivity index (χ0) is 23.8. The zero-order valence-electron chi connectivity index (χ0n) is 19.0. The van der Waals surface area contributed by atoms with E-state index >= 15 is 0 Å². The highest BCUT2D eigenvalue weighted by Gasteiger charge is 2.26. The van der Waals surface area contributed by atoms with Gasteiger partial charge in [-0.2, -0.15) is 0 Å². The third-order valence-electron chi connectivity index (χ3n) is 5.91. The van der Waals surface area contributed by atoms with E-state index in [4.69, 9.17) is 11.6 Å². The van der Waals surface area contributed by atoms with Gasteiger partial charge in [0, 0.05) is 12.1 Å². The Balaban J connectivity index is 1.66. The summed E-state index contributed by atoms with van der Waals surface area (Å²) in [5.74, 6) is 0.511. The van der Waals surface area contributed by atoms with Gasteiger partial charge < -0.3 is 10.2 Å². The van der Waals surface area contributed by atoms with Crippen LogP contribution in [0.1, 0.15) is 36.5 Å². The monoisotopic (exact) mass is 489 g/mol. The average Bonchev–Trinajstić information content (AvgIpc) is 2.82. The molecule has 0 atom stereocenters. The van der Waals surface area contributed by atoms with Crippen LogP contribution in [0.15, 0.2) is 66.1 Å². The minimum atomic E-state index is -3.95. The van der Waals surface area contributed by atoms with Crippen molar-refractivity contribution in [3.63, 3.8) is 0 Å². The number of sulfonamides is 1. The molecular formula is C25H32ClN3O3S. The molecule has 1 aliphatic heterocycles. The molecule has 1 N–H and O–H groups in total. The molecule has 1 fully saturated rings. The number of nitrogens with zero attached hydrogens (tertiary/aromatic N) is 2. The summed E-state index contributed by atoms with van der Waals surface area (Å²) in [6.45, 7) is 9.74. The summed E-state index contributed by atoms with van der Waals surface area (Å²) in [6, 6.07) is 12.8. The van der Waals surface area contributed by atoms with Crippen LogP contribution in [-0.4, -0.2) is 51.9 Å². The Morgan fingerprint density at radius 1 is 1.21 bits per heavy atom. The van der Waals surface area contributed by atoms with Gasteiger partial charge in [0.1, 0.15) is 0 Å². The third-order valence-corrected chi connectivity index (χ3v) is 8.01. The summed E-state index contributed by atoms with van der Waals surface area (Å²) in [6.07, 6.45) is 4.81. The van der Waals surface area contributed by atoms with Crippen molar-refractivity contribution in [2.45, 2.75) is 31.1 Å². The SMILES string of the molecule is C=CCN(c1ccccc1Cl)S(=O)(=O)c1cccc(C(=O)NCCCN2CCC(C)CC2)c1. The van der Waals surface area contributed by atoms with Crippen LogP contribution in [0.2, 0.25) is 5.02 Å². The topological polar surface area (TPSA) is 69.7 Å². The molecule has 178 valence electrons. The fourth-order valence-corrected chi connectivity index (χ4v) is 5.70. The van der Waals surface area contributed by atoms with Crippen LogP contribution < -0.4 is 9.62 Å². The number of carbonyl (C=O) groups excluding carboxylic acids is 1. The van der Waals surface area contributed by atoms with Gasteiger partial charge in [0.05, 0.1) is 22.2 Å². The van der Waals surface area contributed by atoms with E-state index in [1.807, 2.05) is 0 Å².